The fourth-order valence-corrected chi connectivity index (χ4v) is 1.37. The van der Waals surface area contributed by atoms with Crippen LogP contribution < -0.4 is 0 Å². The zero-order valence-corrected chi connectivity index (χ0v) is 8.96. The highest BCUT2D eigenvalue weighted by atomic mass is 19.1. The predicted octanol–water partition coefficient (Wildman–Crippen LogP) is 2.36. The number of hydrogen-bond donors (Lipinski definition) is 1. The first-order valence-corrected chi connectivity index (χ1v) is 5.05. The lowest BCUT2D eigenvalue weighted by Gasteiger charge is -2.13. The molecule has 0 aromatic carbocycles. The molecule has 0 bridgehead atoms. The summed E-state index contributed by atoms with van der Waals surface area (Å²) in [4.78, 5) is 21.8. The van der Waals surface area contributed by atoms with Crippen molar-refractivity contribution in [1.82, 2.24) is 0 Å². The second kappa shape index (κ2) is 7.15. The van der Waals surface area contributed by atoms with E-state index in [1.165, 1.54) is 0 Å². The van der Waals surface area contributed by atoms with Crippen LogP contribution in [-0.4, -0.2) is 23.5 Å². The van der Waals surface area contributed by atoms with E-state index < -0.39 is 24.3 Å². The van der Waals surface area contributed by atoms with Crippen molar-refractivity contribution in [3.8, 4) is 0 Å². The standard InChI is InChI=1S/C11H17FO3/c1-3-4-5-6-9(10(13)7-12)8(2)11(14)15/h9H,2-7H2,1H3,(H,14,15). The van der Waals surface area contributed by atoms with Gasteiger partial charge in [-0.15, -0.1) is 0 Å². The van der Waals surface area contributed by atoms with Gasteiger partial charge in [-0.3, -0.25) is 4.79 Å². The van der Waals surface area contributed by atoms with Crippen molar-refractivity contribution in [2.24, 2.45) is 5.92 Å². The lowest BCUT2D eigenvalue weighted by molar-refractivity contribution is -0.135. The monoisotopic (exact) mass is 216 g/mol. The van der Waals surface area contributed by atoms with Gasteiger partial charge in [0.25, 0.3) is 0 Å². The van der Waals surface area contributed by atoms with E-state index >= 15 is 0 Å². The van der Waals surface area contributed by atoms with Crippen LogP contribution in [0.2, 0.25) is 0 Å². The maximum absolute atomic E-state index is 12.2. The molecule has 0 amide bonds. The predicted molar refractivity (Wildman–Crippen MR) is 55.4 cm³/mol. The van der Waals surface area contributed by atoms with Crippen LogP contribution in [0.4, 0.5) is 4.39 Å². The summed E-state index contributed by atoms with van der Waals surface area (Å²) in [7, 11) is 0. The third-order valence-corrected chi connectivity index (χ3v) is 2.31. The highest BCUT2D eigenvalue weighted by molar-refractivity contribution is 5.96. The molecule has 15 heavy (non-hydrogen) atoms. The van der Waals surface area contributed by atoms with E-state index in [1.807, 2.05) is 6.92 Å². The van der Waals surface area contributed by atoms with Gasteiger partial charge in [0.1, 0.15) is 6.67 Å². The average Bonchev–Trinajstić information content (AvgIpc) is 2.22. The van der Waals surface area contributed by atoms with Crippen molar-refractivity contribution in [2.75, 3.05) is 6.67 Å². The summed E-state index contributed by atoms with van der Waals surface area (Å²) >= 11 is 0. The lowest BCUT2D eigenvalue weighted by atomic mass is 9.90. The third-order valence-electron chi connectivity index (χ3n) is 2.31. The van der Waals surface area contributed by atoms with Crippen LogP contribution >= 0.6 is 0 Å². The Morgan fingerprint density at radius 3 is 2.40 bits per heavy atom. The topological polar surface area (TPSA) is 54.4 Å². The van der Waals surface area contributed by atoms with Crippen molar-refractivity contribution in [2.45, 2.75) is 32.6 Å². The fraction of sp³-hybridized carbons (Fsp3) is 0.636. The van der Waals surface area contributed by atoms with Gasteiger partial charge in [-0.1, -0.05) is 32.8 Å². The molecule has 3 nitrogen and oxygen atoms in total. The van der Waals surface area contributed by atoms with Crippen molar-refractivity contribution in [3.63, 3.8) is 0 Å². The molecule has 0 fully saturated rings. The summed E-state index contributed by atoms with van der Waals surface area (Å²) < 4.78 is 12.2. The number of carboxylic acids is 1. The highest BCUT2D eigenvalue weighted by Gasteiger charge is 2.24. The minimum Gasteiger partial charge on any atom is -0.478 e. The molecule has 1 unspecified atom stereocenters. The number of carbonyl (C=O) groups is 2. The van der Waals surface area contributed by atoms with Crippen molar-refractivity contribution in [1.29, 1.82) is 0 Å². The molecule has 1 atom stereocenters. The molecule has 86 valence electrons. The van der Waals surface area contributed by atoms with E-state index in [9.17, 15) is 14.0 Å². The minimum atomic E-state index is -1.22. The normalized spacial score (nSPS) is 12.1. The molecule has 0 aromatic rings. The van der Waals surface area contributed by atoms with E-state index in [-0.39, 0.29) is 5.57 Å². The van der Waals surface area contributed by atoms with Crippen LogP contribution in [0.1, 0.15) is 32.6 Å². The van der Waals surface area contributed by atoms with Crippen LogP contribution in [0.5, 0.6) is 0 Å². The molecule has 0 aliphatic carbocycles. The second-order valence-corrected chi connectivity index (χ2v) is 3.48. The molecule has 0 aromatic heterocycles. The largest absolute Gasteiger partial charge is 0.478 e. The number of hydrogen-bond acceptors (Lipinski definition) is 2. The molecule has 0 aliphatic heterocycles. The molecule has 4 heteroatoms. The van der Waals surface area contributed by atoms with Crippen LogP contribution in [0.15, 0.2) is 12.2 Å². The Bertz CT molecular complexity index is 248. The summed E-state index contributed by atoms with van der Waals surface area (Å²) in [5.41, 5.74) is -0.200. The van der Waals surface area contributed by atoms with Crippen LogP contribution in [-0.2, 0) is 9.59 Å². The molecule has 0 heterocycles. The van der Waals surface area contributed by atoms with Crippen LogP contribution in [0.3, 0.4) is 0 Å². The SMILES string of the molecule is C=C(C(=O)O)C(CCCCC)C(=O)CF. The minimum absolute atomic E-state index is 0.200. The van der Waals surface area contributed by atoms with E-state index in [1.54, 1.807) is 0 Å². The van der Waals surface area contributed by atoms with Crippen molar-refractivity contribution >= 4 is 11.8 Å². The van der Waals surface area contributed by atoms with E-state index in [0.717, 1.165) is 19.3 Å². The maximum Gasteiger partial charge on any atom is 0.331 e. The number of carbonyl (C=O) groups excluding carboxylic acids is 1. The number of halogens is 1. The zero-order valence-electron chi connectivity index (χ0n) is 8.96. The summed E-state index contributed by atoms with van der Waals surface area (Å²) in [5, 5.41) is 8.68. The van der Waals surface area contributed by atoms with Gasteiger partial charge in [0, 0.05) is 5.57 Å². The summed E-state index contributed by atoms with van der Waals surface area (Å²) in [6.07, 6.45) is 2.97. The van der Waals surface area contributed by atoms with Crippen LogP contribution in [0, 0.1) is 5.92 Å². The van der Waals surface area contributed by atoms with Crippen molar-refractivity contribution in [3.05, 3.63) is 12.2 Å². The first kappa shape index (κ1) is 13.8. The second-order valence-electron chi connectivity index (χ2n) is 3.48. The van der Waals surface area contributed by atoms with E-state index in [2.05, 4.69) is 6.58 Å². The van der Waals surface area contributed by atoms with Gasteiger partial charge in [0.05, 0.1) is 5.92 Å². The smallest absolute Gasteiger partial charge is 0.331 e. The number of Topliss-reactive ketones (excluding diaryl/α,β-unsaturated/α-hetero) is 1. The molecular weight excluding hydrogens is 199 g/mol. The lowest BCUT2D eigenvalue weighted by Crippen LogP contribution is -2.22. The van der Waals surface area contributed by atoms with Crippen LogP contribution in [0.25, 0.3) is 0 Å². The Kier molecular flexibility index (Phi) is 6.58. The molecular formula is C11H17FO3. The summed E-state index contributed by atoms with van der Waals surface area (Å²) in [5.74, 6) is -2.77. The molecule has 0 spiro atoms. The Morgan fingerprint density at radius 2 is 2.00 bits per heavy atom. The van der Waals surface area contributed by atoms with Gasteiger partial charge in [-0.25, -0.2) is 9.18 Å². The zero-order chi connectivity index (χ0) is 11.8. The van der Waals surface area contributed by atoms with Gasteiger partial charge >= 0.3 is 5.97 Å². The Balaban J connectivity index is 4.38. The Labute approximate surface area is 89.0 Å². The molecule has 1 N–H and O–H groups in total. The first-order chi connectivity index (χ1) is 7.04. The summed E-state index contributed by atoms with van der Waals surface area (Å²) in [6.45, 7) is 4.19. The van der Waals surface area contributed by atoms with Gasteiger partial charge in [-0.05, 0) is 6.42 Å². The number of ketones is 1. The van der Waals surface area contributed by atoms with Gasteiger partial charge in [-0.2, -0.15) is 0 Å². The van der Waals surface area contributed by atoms with E-state index in [0.29, 0.717) is 6.42 Å². The van der Waals surface area contributed by atoms with Crippen molar-refractivity contribution < 1.29 is 19.1 Å². The molecule has 0 radical (unpaired) electrons. The number of unbranched alkanes of at least 4 members (excludes halogenated alkanes) is 2. The highest BCUT2D eigenvalue weighted by Crippen LogP contribution is 2.19. The maximum atomic E-state index is 12.2. The van der Waals surface area contributed by atoms with Gasteiger partial charge in [0.2, 0.25) is 0 Å². The number of rotatable bonds is 8. The average molecular weight is 216 g/mol. The quantitative estimate of drug-likeness (QED) is 0.500. The number of carboxylic acid groups (broad SMARTS) is 1. The van der Waals surface area contributed by atoms with Gasteiger partial charge < -0.3 is 5.11 Å². The third kappa shape index (κ3) is 4.72. The molecule has 0 rings (SSSR count). The number of aliphatic carboxylic acids is 1. The first-order valence-electron chi connectivity index (χ1n) is 5.05. The molecule has 0 aliphatic rings. The van der Waals surface area contributed by atoms with E-state index in [4.69, 9.17) is 5.11 Å². The molecule has 0 saturated heterocycles. The fourth-order valence-electron chi connectivity index (χ4n) is 1.37. The Hall–Kier alpha value is -1.19. The number of alkyl halides is 1. The molecule has 0 saturated carbocycles. The Morgan fingerprint density at radius 1 is 1.40 bits per heavy atom. The summed E-state index contributed by atoms with van der Waals surface area (Å²) in [6, 6.07) is 0. The van der Waals surface area contributed by atoms with Gasteiger partial charge in [0.15, 0.2) is 5.78 Å².